The SMILES string of the molecule is CC(C(=O)Nc1cc(Cl)cc(Cl)c1)N1CCN(c2cnccn2)CC1. The summed E-state index contributed by atoms with van der Waals surface area (Å²) in [6.07, 6.45) is 5.11. The van der Waals surface area contributed by atoms with Crippen LogP contribution in [-0.4, -0.2) is 53.0 Å². The highest BCUT2D eigenvalue weighted by atomic mass is 35.5. The van der Waals surface area contributed by atoms with Gasteiger partial charge in [0.2, 0.25) is 5.91 Å². The van der Waals surface area contributed by atoms with Crippen molar-refractivity contribution in [2.75, 3.05) is 36.4 Å². The van der Waals surface area contributed by atoms with E-state index in [4.69, 9.17) is 23.2 Å². The summed E-state index contributed by atoms with van der Waals surface area (Å²) in [4.78, 5) is 25.2. The highest BCUT2D eigenvalue weighted by molar-refractivity contribution is 6.35. The van der Waals surface area contributed by atoms with Crippen molar-refractivity contribution in [3.8, 4) is 0 Å². The predicted octanol–water partition coefficient (Wildman–Crippen LogP) is 2.93. The molecule has 1 unspecified atom stereocenters. The van der Waals surface area contributed by atoms with Gasteiger partial charge in [0.25, 0.3) is 0 Å². The zero-order valence-corrected chi connectivity index (χ0v) is 15.3. The first-order chi connectivity index (χ1) is 12.0. The molecule has 1 saturated heterocycles. The summed E-state index contributed by atoms with van der Waals surface area (Å²) in [7, 11) is 0. The van der Waals surface area contributed by atoms with Crippen molar-refractivity contribution in [1.29, 1.82) is 0 Å². The summed E-state index contributed by atoms with van der Waals surface area (Å²) in [6.45, 7) is 5.07. The molecule has 1 N–H and O–H groups in total. The van der Waals surface area contributed by atoms with Gasteiger partial charge in [-0.2, -0.15) is 0 Å². The summed E-state index contributed by atoms with van der Waals surface area (Å²) < 4.78 is 0. The molecule has 0 spiro atoms. The second-order valence-electron chi connectivity index (χ2n) is 5.91. The molecule has 0 saturated carbocycles. The third-order valence-electron chi connectivity index (χ3n) is 4.25. The van der Waals surface area contributed by atoms with Crippen LogP contribution >= 0.6 is 23.2 Å². The Labute approximate surface area is 156 Å². The van der Waals surface area contributed by atoms with Gasteiger partial charge in [-0.25, -0.2) is 4.98 Å². The molecule has 1 atom stereocenters. The summed E-state index contributed by atoms with van der Waals surface area (Å²) in [5, 5.41) is 3.87. The lowest BCUT2D eigenvalue weighted by Crippen LogP contribution is -2.53. The number of rotatable bonds is 4. The zero-order valence-electron chi connectivity index (χ0n) is 13.8. The van der Waals surface area contributed by atoms with Gasteiger partial charge in [-0.3, -0.25) is 14.7 Å². The van der Waals surface area contributed by atoms with Crippen LogP contribution < -0.4 is 10.2 Å². The van der Waals surface area contributed by atoms with Gasteiger partial charge in [0.15, 0.2) is 0 Å². The highest BCUT2D eigenvalue weighted by Crippen LogP contribution is 2.23. The molecule has 1 amide bonds. The second kappa shape index (κ2) is 7.99. The number of benzene rings is 1. The lowest BCUT2D eigenvalue weighted by Gasteiger charge is -2.37. The molecule has 25 heavy (non-hydrogen) atoms. The van der Waals surface area contributed by atoms with Crippen LogP contribution in [0.15, 0.2) is 36.8 Å². The Morgan fingerprint density at radius 3 is 2.40 bits per heavy atom. The van der Waals surface area contributed by atoms with Crippen LogP contribution in [0.2, 0.25) is 10.0 Å². The van der Waals surface area contributed by atoms with E-state index in [1.165, 1.54) is 0 Å². The number of piperazine rings is 1. The molecule has 2 heterocycles. The molecule has 6 nitrogen and oxygen atoms in total. The molecule has 1 aromatic heterocycles. The molecule has 3 rings (SSSR count). The van der Waals surface area contributed by atoms with Crippen molar-refractivity contribution in [1.82, 2.24) is 14.9 Å². The standard InChI is InChI=1S/C17H19Cl2N5O/c1-12(17(25)22-15-9-13(18)8-14(19)10-15)23-4-6-24(7-5-23)16-11-20-2-3-21-16/h2-3,8-12H,4-7H2,1H3,(H,22,25). The van der Waals surface area contributed by atoms with E-state index in [0.29, 0.717) is 15.7 Å². The van der Waals surface area contributed by atoms with Gasteiger partial charge >= 0.3 is 0 Å². The monoisotopic (exact) mass is 379 g/mol. The smallest absolute Gasteiger partial charge is 0.241 e. The molecular weight excluding hydrogens is 361 g/mol. The third kappa shape index (κ3) is 4.60. The van der Waals surface area contributed by atoms with E-state index in [9.17, 15) is 4.79 Å². The summed E-state index contributed by atoms with van der Waals surface area (Å²) in [6, 6.07) is 4.75. The van der Waals surface area contributed by atoms with Crippen LogP contribution in [0.1, 0.15) is 6.92 Å². The Bertz CT molecular complexity index is 715. The fourth-order valence-electron chi connectivity index (χ4n) is 2.83. The summed E-state index contributed by atoms with van der Waals surface area (Å²) in [5.41, 5.74) is 0.604. The van der Waals surface area contributed by atoms with Gasteiger partial charge in [-0.1, -0.05) is 23.2 Å². The van der Waals surface area contributed by atoms with Gasteiger partial charge in [0, 0.05) is 54.3 Å². The van der Waals surface area contributed by atoms with E-state index in [2.05, 4.69) is 25.1 Å². The zero-order chi connectivity index (χ0) is 17.8. The normalized spacial score (nSPS) is 16.5. The van der Waals surface area contributed by atoms with Gasteiger partial charge in [-0.05, 0) is 25.1 Å². The topological polar surface area (TPSA) is 61.4 Å². The van der Waals surface area contributed by atoms with Crippen LogP contribution in [-0.2, 0) is 4.79 Å². The van der Waals surface area contributed by atoms with Crippen molar-refractivity contribution < 1.29 is 4.79 Å². The van der Waals surface area contributed by atoms with E-state index >= 15 is 0 Å². The minimum Gasteiger partial charge on any atom is -0.353 e. The van der Waals surface area contributed by atoms with E-state index in [1.807, 2.05) is 6.92 Å². The Morgan fingerprint density at radius 2 is 1.80 bits per heavy atom. The predicted molar refractivity (Wildman–Crippen MR) is 100 cm³/mol. The van der Waals surface area contributed by atoms with E-state index in [0.717, 1.165) is 32.0 Å². The average molecular weight is 380 g/mol. The Kier molecular flexibility index (Phi) is 5.73. The molecule has 1 aliphatic heterocycles. The van der Waals surface area contributed by atoms with Crippen LogP contribution in [0, 0.1) is 0 Å². The molecule has 1 fully saturated rings. The van der Waals surface area contributed by atoms with Crippen molar-refractivity contribution in [2.24, 2.45) is 0 Å². The molecule has 0 aliphatic carbocycles. The minimum atomic E-state index is -0.248. The van der Waals surface area contributed by atoms with Crippen molar-refractivity contribution in [2.45, 2.75) is 13.0 Å². The molecule has 132 valence electrons. The van der Waals surface area contributed by atoms with Crippen molar-refractivity contribution in [3.05, 3.63) is 46.8 Å². The maximum Gasteiger partial charge on any atom is 0.241 e. The molecule has 2 aromatic rings. The van der Waals surface area contributed by atoms with Crippen LogP contribution in [0.4, 0.5) is 11.5 Å². The Hall–Kier alpha value is -1.89. The maximum atomic E-state index is 12.5. The molecule has 8 heteroatoms. The van der Waals surface area contributed by atoms with Gasteiger partial charge in [-0.15, -0.1) is 0 Å². The van der Waals surface area contributed by atoms with Crippen LogP contribution in [0.25, 0.3) is 0 Å². The number of carbonyl (C=O) groups is 1. The fraction of sp³-hybridized carbons (Fsp3) is 0.353. The molecule has 1 aliphatic rings. The highest BCUT2D eigenvalue weighted by Gasteiger charge is 2.26. The number of aromatic nitrogens is 2. The number of hydrogen-bond acceptors (Lipinski definition) is 5. The summed E-state index contributed by atoms with van der Waals surface area (Å²) >= 11 is 11.9. The lowest BCUT2D eigenvalue weighted by molar-refractivity contribution is -0.120. The van der Waals surface area contributed by atoms with E-state index < -0.39 is 0 Å². The summed E-state index contributed by atoms with van der Waals surface area (Å²) in [5.74, 6) is 0.791. The maximum absolute atomic E-state index is 12.5. The van der Waals surface area contributed by atoms with E-state index in [1.54, 1.807) is 36.8 Å². The van der Waals surface area contributed by atoms with Crippen LogP contribution in [0.5, 0.6) is 0 Å². The largest absolute Gasteiger partial charge is 0.353 e. The number of halogens is 2. The van der Waals surface area contributed by atoms with Crippen molar-refractivity contribution in [3.63, 3.8) is 0 Å². The molecule has 0 bridgehead atoms. The first kappa shape index (κ1) is 17.9. The van der Waals surface area contributed by atoms with Gasteiger partial charge in [0.1, 0.15) is 5.82 Å². The van der Waals surface area contributed by atoms with Crippen LogP contribution in [0.3, 0.4) is 0 Å². The number of amides is 1. The first-order valence-corrected chi connectivity index (χ1v) is 8.80. The number of carbonyl (C=O) groups excluding carboxylic acids is 1. The lowest BCUT2D eigenvalue weighted by atomic mass is 10.2. The number of nitrogens with zero attached hydrogens (tertiary/aromatic N) is 4. The molecule has 1 aromatic carbocycles. The molecular formula is C17H19Cl2N5O. The number of nitrogens with one attached hydrogen (secondary N) is 1. The van der Waals surface area contributed by atoms with Crippen molar-refractivity contribution >= 4 is 40.6 Å². The quantitative estimate of drug-likeness (QED) is 0.884. The Balaban J connectivity index is 1.56. The van der Waals surface area contributed by atoms with Gasteiger partial charge in [0.05, 0.1) is 12.2 Å². The first-order valence-electron chi connectivity index (χ1n) is 8.05. The third-order valence-corrected chi connectivity index (χ3v) is 4.68. The van der Waals surface area contributed by atoms with Gasteiger partial charge < -0.3 is 10.2 Å². The Morgan fingerprint density at radius 1 is 1.12 bits per heavy atom. The number of anilines is 2. The fourth-order valence-corrected chi connectivity index (χ4v) is 3.36. The minimum absolute atomic E-state index is 0.0775. The average Bonchev–Trinajstić information content (AvgIpc) is 2.61. The second-order valence-corrected chi connectivity index (χ2v) is 6.78. The van der Waals surface area contributed by atoms with E-state index in [-0.39, 0.29) is 11.9 Å². The molecule has 0 radical (unpaired) electrons. The number of hydrogen-bond donors (Lipinski definition) is 1.